The van der Waals surface area contributed by atoms with Gasteiger partial charge >= 0.3 is 6.18 Å². The van der Waals surface area contributed by atoms with E-state index in [9.17, 15) is 18.4 Å². The Labute approximate surface area is 135 Å². The van der Waals surface area contributed by atoms with Gasteiger partial charge in [0.2, 0.25) is 5.90 Å². The van der Waals surface area contributed by atoms with Crippen LogP contribution < -0.4 is 5.32 Å². The van der Waals surface area contributed by atoms with Gasteiger partial charge in [0, 0.05) is 28.4 Å². The van der Waals surface area contributed by atoms with Crippen LogP contribution in [0, 0.1) is 17.2 Å². The molecule has 3 rings (SSSR count). The molecule has 2 aliphatic heterocycles. The number of nitriles is 1. The Hall–Kier alpha value is -2.20. The summed E-state index contributed by atoms with van der Waals surface area (Å²) >= 11 is 5.87. The first-order valence-corrected chi connectivity index (χ1v) is 7.06. The lowest BCUT2D eigenvalue weighted by molar-refractivity contribution is -0.184. The summed E-state index contributed by atoms with van der Waals surface area (Å²) in [6.45, 7) is 0. The number of hydrogen-bond acceptors (Lipinski definition) is 4. The quantitative estimate of drug-likeness (QED) is 0.783. The molecule has 0 fully saturated rings. The molecule has 0 spiro atoms. The Balaban J connectivity index is 2.31. The monoisotopic (exact) mass is 341 g/mol. The van der Waals surface area contributed by atoms with Crippen LogP contribution in [0.4, 0.5) is 18.9 Å². The van der Waals surface area contributed by atoms with Crippen molar-refractivity contribution in [1.29, 1.82) is 5.26 Å². The number of halogens is 4. The highest BCUT2D eigenvalue weighted by atomic mass is 35.5. The van der Waals surface area contributed by atoms with Crippen molar-refractivity contribution in [3.63, 3.8) is 0 Å². The molecule has 0 aromatic heterocycles. The van der Waals surface area contributed by atoms with Crippen molar-refractivity contribution in [3.05, 3.63) is 41.1 Å². The lowest BCUT2D eigenvalue weighted by Gasteiger charge is -2.45. The van der Waals surface area contributed by atoms with Crippen LogP contribution in [0.3, 0.4) is 0 Å². The van der Waals surface area contributed by atoms with Crippen molar-refractivity contribution in [1.82, 2.24) is 0 Å². The summed E-state index contributed by atoms with van der Waals surface area (Å²) in [6, 6.07) is 4.69. The summed E-state index contributed by atoms with van der Waals surface area (Å²) in [5.41, 5.74) is -2.74. The third-order valence-corrected chi connectivity index (χ3v) is 4.41. The fourth-order valence-electron chi connectivity index (χ4n) is 3.14. The molecule has 0 bridgehead atoms. The van der Waals surface area contributed by atoms with Crippen LogP contribution in [0.5, 0.6) is 0 Å². The van der Waals surface area contributed by atoms with E-state index in [0.29, 0.717) is 0 Å². The Morgan fingerprint density at radius 2 is 2.17 bits per heavy atom. The summed E-state index contributed by atoms with van der Waals surface area (Å²) in [7, 11) is 1.33. The maximum Gasteiger partial charge on any atom is 0.411 e. The second kappa shape index (κ2) is 5.17. The number of nitrogens with one attached hydrogen (secondary N) is 1. The zero-order valence-electron chi connectivity index (χ0n) is 11.9. The number of anilines is 1. The first-order valence-electron chi connectivity index (χ1n) is 6.68. The van der Waals surface area contributed by atoms with Crippen LogP contribution >= 0.6 is 11.6 Å². The van der Waals surface area contributed by atoms with E-state index in [1.807, 2.05) is 0 Å². The van der Waals surface area contributed by atoms with Gasteiger partial charge in [0.15, 0.2) is 5.41 Å². The van der Waals surface area contributed by atoms with E-state index >= 15 is 0 Å². The Bertz CT molecular complexity index is 753. The number of nitrogens with zero attached hydrogens (tertiary/aromatic N) is 2. The van der Waals surface area contributed by atoms with Crippen LogP contribution in [-0.2, 0) is 10.2 Å². The van der Waals surface area contributed by atoms with Gasteiger partial charge in [-0.1, -0.05) is 17.7 Å². The van der Waals surface area contributed by atoms with Crippen molar-refractivity contribution >= 4 is 23.2 Å². The molecule has 23 heavy (non-hydrogen) atoms. The normalized spacial score (nSPS) is 28.8. The Morgan fingerprint density at radius 3 is 2.78 bits per heavy atom. The smallest absolute Gasteiger partial charge is 0.411 e. The minimum atomic E-state index is -4.80. The predicted octanol–water partition coefficient (Wildman–Crippen LogP) is 3.65. The fraction of sp³-hybridized carbons (Fsp3) is 0.333. The molecule has 2 aliphatic rings. The number of ether oxygens (including phenoxy) is 1. The molecule has 1 aromatic rings. The number of aliphatic imine (C=N–C) groups is 1. The van der Waals surface area contributed by atoms with Crippen LogP contribution in [0.25, 0.3) is 0 Å². The molecule has 1 N–H and O–H groups in total. The van der Waals surface area contributed by atoms with Crippen LogP contribution in [0.1, 0.15) is 5.56 Å². The lowest BCUT2D eigenvalue weighted by Crippen LogP contribution is -2.58. The third kappa shape index (κ3) is 2.09. The van der Waals surface area contributed by atoms with E-state index in [4.69, 9.17) is 16.3 Å². The van der Waals surface area contributed by atoms with Gasteiger partial charge in [-0.3, -0.25) is 0 Å². The molecule has 3 atom stereocenters. The van der Waals surface area contributed by atoms with E-state index < -0.39 is 23.6 Å². The van der Waals surface area contributed by atoms with Crippen molar-refractivity contribution in [2.75, 3.05) is 12.4 Å². The Kier molecular flexibility index (Phi) is 3.52. The van der Waals surface area contributed by atoms with E-state index in [-0.39, 0.29) is 22.2 Å². The maximum atomic E-state index is 14.0. The van der Waals surface area contributed by atoms with Crippen LogP contribution in [-0.4, -0.2) is 25.2 Å². The summed E-state index contributed by atoms with van der Waals surface area (Å²) in [6.07, 6.45) is -2.29. The van der Waals surface area contributed by atoms with E-state index in [2.05, 4.69) is 10.3 Å². The first kappa shape index (κ1) is 15.7. The van der Waals surface area contributed by atoms with Crippen molar-refractivity contribution in [3.8, 4) is 6.07 Å². The molecule has 0 aliphatic carbocycles. The van der Waals surface area contributed by atoms with Gasteiger partial charge in [-0.05, 0) is 18.2 Å². The molecule has 0 saturated carbocycles. The molecular formula is C15H11ClF3N3O. The molecule has 1 aromatic carbocycles. The molecule has 4 nitrogen and oxygen atoms in total. The van der Waals surface area contributed by atoms with Gasteiger partial charge in [0.05, 0.1) is 13.2 Å². The van der Waals surface area contributed by atoms with Crippen molar-refractivity contribution in [2.24, 2.45) is 10.9 Å². The van der Waals surface area contributed by atoms with Gasteiger partial charge in [-0.25, -0.2) is 4.99 Å². The van der Waals surface area contributed by atoms with Gasteiger partial charge in [-0.15, -0.1) is 0 Å². The van der Waals surface area contributed by atoms with E-state index in [0.717, 1.165) is 0 Å². The molecule has 2 heterocycles. The molecule has 8 heteroatoms. The number of alkyl halides is 3. The van der Waals surface area contributed by atoms with Gasteiger partial charge in [0.25, 0.3) is 0 Å². The zero-order chi connectivity index (χ0) is 16.8. The highest BCUT2D eigenvalue weighted by molar-refractivity contribution is 6.30. The lowest BCUT2D eigenvalue weighted by atomic mass is 9.64. The van der Waals surface area contributed by atoms with E-state index in [1.54, 1.807) is 0 Å². The minimum Gasteiger partial charge on any atom is -0.483 e. The molecular weight excluding hydrogens is 331 g/mol. The highest BCUT2D eigenvalue weighted by Crippen LogP contribution is 2.54. The molecule has 0 saturated heterocycles. The average molecular weight is 342 g/mol. The van der Waals surface area contributed by atoms with Crippen molar-refractivity contribution in [2.45, 2.75) is 17.6 Å². The van der Waals surface area contributed by atoms with Crippen LogP contribution in [0.2, 0.25) is 5.02 Å². The predicted molar refractivity (Wildman–Crippen MR) is 79.3 cm³/mol. The van der Waals surface area contributed by atoms with Crippen LogP contribution in [0.15, 0.2) is 35.5 Å². The van der Waals surface area contributed by atoms with Gasteiger partial charge in [-0.2, -0.15) is 18.4 Å². The molecule has 3 unspecified atom stereocenters. The fourth-order valence-corrected chi connectivity index (χ4v) is 3.31. The number of benzene rings is 1. The first-order chi connectivity index (χ1) is 10.8. The number of methoxy groups -OCH3 is 1. The minimum absolute atomic E-state index is 0.0991. The average Bonchev–Trinajstić information content (AvgIpc) is 2.51. The molecule has 0 amide bonds. The van der Waals surface area contributed by atoms with Crippen molar-refractivity contribution < 1.29 is 17.9 Å². The topological polar surface area (TPSA) is 57.4 Å². The maximum absolute atomic E-state index is 14.0. The summed E-state index contributed by atoms with van der Waals surface area (Å²) < 4.78 is 47.1. The van der Waals surface area contributed by atoms with Gasteiger partial charge in [0.1, 0.15) is 6.04 Å². The summed E-state index contributed by atoms with van der Waals surface area (Å²) in [4.78, 5) is 3.95. The second-order valence-corrected chi connectivity index (χ2v) is 5.70. The molecule has 120 valence electrons. The third-order valence-electron chi connectivity index (χ3n) is 4.17. The largest absolute Gasteiger partial charge is 0.483 e. The standard InChI is InChI=1S/C15H11ClF3N3O/c1-23-13-12-9(4-5-21-13)14(7-20,15(17,18)19)10-6-8(16)2-3-11(10)22-12/h2-6,9,12,22H,1H3. The highest BCUT2D eigenvalue weighted by Gasteiger charge is 2.66. The summed E-state index contributed by atoms with van der Waals surface area (Å²) in [5, 5.41) is 12.7. The second-order valence-electron chi connectivity index (χ2n) is 5.27. The van der Waals surface area contributed by atoms with Gasteiger partial charge < -0.3 is 10.1 Å². The summed E-state index contributed by atoms with van der Waals surface area (Å²) in [5.74, 6) is -1.12. The van der Waals surface area contributed by atoms with E-state index in [1.165, 1.54) is 43.7 Å². The SMILES string of the molecule is COC1=NC=CC2C1Nc1ccc(Cl)cc1C2(C#N)C(F)(F)F. The number of fused-ring (bicyclic) bond motifs is 2. The number of hydrogen-bond donors (Lipinski definition) is 1. The zero-order valence-corrected chi connectivity index (χ0v) is 12.6. The number of rotatable bonds is 0. The molecule has 0 radical (unpaired) electrons. The Morgan fingerprint density at radius 1 is 1.43 bits per heavy atom.